The van der Waals surface area contributed by atoms with Crippen LogP contribution in [0.15, 0.2) is 109 Å². The average Bonchev–Trinajstić information content (AvgIpc) is 3.90. The Hall–Kier alpha value is -6.14. The molecule has 7 rings (SSSR count). The lowest BCUT2D eigenvalue weighted by Crippen LogP contribution is -2.51. The van der Waals surface area contributed by atoms with Crippen molar-refractivity contribution in [1.29, 1.82) is 0 Å². The summed E-state index contributed by atoms with van der Waals surface area (Å²) in [5, 5.41) is 2.71. The first-order chi connectivity index (χ1) is 25.7. The van der Waals surface area contributed by atoms with Gasteiger partial charge in [-0.05, 0) is 39.9 Å². The number of ether oxygens (including phenoxy) is 3. The zero-order valence-corrected chi connectivity index (χ0v) is 29.3. The third-order valence-electron chi connectivity index (χ3n) is 9.15. The van der Waals surface area contributed by atoms with E-state index in [9.17, 15) is 28.5 Å². The minimum absolute atomic E-state index is 0.00792. The van der Waals surface area contributed by atoms with Gasteiger partial charge in [0.2, 0.25) is 0 Å². The van der Waals surface area contributed by atoms with Crippen LogP contribution in [0.5, 0.6) is 0 Å². The molecule has 2 aliphatic heterocycles. The van der Waals surface area contributed by atoms with Crippen LogP contribution in [0.1, 0.15) is 22.6 Å². The summed E-state index contributed by atoms with van der Waals surface area (Å²) >= 11 is 0. The monoisotopic (exact) mass is 738 g/mol. The summed E-state index contributed by atoms with van der Waals surface area (Å²) in [5.41, 5.74) is 5.14. The van der Waals surface area contributed by atoms with Gasteiger partial charge in [-0.25, -0.2) is 33.1 Å². The molecule has 0 saturated carbocycles. The Morgan fingerprint density at radius 2 is 1.30 bits per heavy atom. The number of alkyl carbamates (subject to hydrolysis) is 1. The number of amides is 4. The fourth-order valence-corrected chi connectivity index (χ4v) is 8.65. The number of hydrogen-bond acceptors (Lipinski definition) is 10. The van der Waals surface area contributed by atoms with E-state index >= 15 is 0 Å². The van der Waals surface area contributed by atoms with E-state index in [1.165, 1.54) is 0 Å². The van der Waals surface area contributed by atoms with Gasteiger partial charge in [0.25, 0.3) is 5.91 Å². The van der Waals surface area contributed by atoms with Gasteiger partial charge in [0, 0.05) is 18.0 Å². The third-order valence-corrected chi connectivity index (χ3v) is 11.5. The molecule has 272 valence electrons. The zero-order valence-electron chi connectivity index (χ0n) is 28.4. The lowest BCUT2D eigenvalue weighted by molar-refractivity contribution is -0.135. The van der Waals surface area contributed by atoms with Crippen LogP contribution in [-0.2, 0) is 39.3 Å². The Kier molecular flexibility index (Phi) is 10.1. The van der Waals surface area contributed by atoms with E-state index in [1.807, 2.05) is 54.6 Å². The highest BCUT2D eigenvalue weighted by atomic mass is 31.2. The largest absolute Gasteiger partial charge is 0.461 e. The molecule has 2 saturated heterocycles. The average molecular weight is 739 g/mol. The van der Waals surface area contributed by atoms with Gasteiger partial charge in [0.1, 0.15) is 32.4 Å². The second-order valence-electron chi connectivity index (χ2n) is 12.4. The summed E-state index contributed by atoms with van der Waals surface area (Å²) in [6.45, 7) is -1.49. The second kappa shape index (κ2) is 15.2. The highest BCUT2D eigenvalue weighted by molar-refractivity contribution is 7.56. The van der Waals surface area contributed by atoms with Crippen molar-refractivity contribution in [1.82, 2.24) is 14.7 Å². The number of anilines is 1. The molecule has 0 radical (unpaired) electrons. The molecule has 2 heterocycles. The van der Waals surface area contributed by atoms with Gasteiger partial charge < -0.3 is 24.1 Å². The molecule has 1 N–H and O–H groups in total. The zero-order chi connectivity index (χ0) is 37.0. The number of carbonyl (C=O) groups excluding carboxylic acids is 5. The van der Waals surface area contributed by atoms with Crippen molar-refractivity contribution in [3.05, 3.63) is 126 Å². The van der Waals surface area contributed by atoms with Crippen LogP contribution < -0.4 is 10.2 Å². The van der Waals surface area contributed by atoms with Gasteiger partial charge in [0.05, 0.1) is 13.1 Å². The van der Waals surface area contributed by atoms with Gasteiger partial charge in [-0.2, -0.15) is 0 Å². The molecule has 4 aromatic carbocycles. The van der Waals surface area contributed by atoms with Crippen molar-refractivity contribution in [3.63, 3.8) is 0 Å². The van der Waals surface area contributed by atoms with Gasteiger partial charge in [0.15, 0.2) is 0 Å². The summed E-state index contributed by atoms with van der Waals surface area (Å²) in [7, 11) is -4.69. The van der Waals surface area contributed by atoms with Crippen LogP contribution in [0.25, 0.3) is 11.1 Å². The maximum absolute atomic E-state index is 14.5. The first-order valence-electron chi connectivity index (χ1n) is 17.0. The van der Waals surface area contributed by atoms with E-state index in [2.05, 4.69) is 5.32 Å². The fraction of sp³-hybridized carbons (Fsp3) is 0.237. The molecule has 4 amide bonds. The Bertz CT molecular complexity index is 2010. The number of fused-ring (bicyclic) bond motifs is 3. The van der Waals surface area contributed by atoms with Crippen LogP contribution in [0.3, 0.4) is 0 Å². The number of nitrogens with one attached hydrogen (secondary N) is 1. The highest BCUT2D eigenvalue weighted by Crippen LogP contribution is 2.57. The Labute approximate surface area is 304 Å². The standard InChI is InChI=1S/C38H35N4O10P/c43-34(52-53(48,41-19-21-49-37(41)46)42-20-22-50-38(42)47)24-40(27-13-5-2-6-14-27)35(44)33(23-26-11-3-1-4-12-26)39-36(45)51-25-32-30-17-9-7-15-28(30)29-16-8-10-18-31(29)32/h1-18,32-33H,19-25H2,(H,39,45)/t33-/m1/s1. The molecule has 1 aliphatic carbocycles. The van der Waals surface area contributed by atoms with Gasteiger partial charge in [-0.1, -0.05) is 97.1 Å². The summed E-state index contributed by atoms with van der Waals surface area (Å²) in [4.78, 5) is 67.7. The third kappa shape index (κ3) is 7.31. The summed E-state index contributed by atoms with van der Waals surface area (Å²) in [6.07, 6.45) is -2.89. The normalized spacial score (nSPS) is 15.5. The van der Waals surface area contributed by atoms with Crippen LogP contribution in [0, 0.1) is 0 Å². The fourth-order valence-electron chi connectivity index (χ4n) is 6.67. The summed E-state index contributed by atoms with van der Waals surface area (Å²) < 4.78 is 36.6. The lowest BCUT2D eigenvalue weighted by Gasteiger charge is -2.31. The van der Waals surface area contributed by atoms with Crippen molar-refractivity contribution in [2.75, 3.05) is 44.4 Å². The van der Waals surface area contributed by atoms with Crippen molar-refractivity contribution >= 4 is 43.5 Å². The van der Waals surface area contributed by atoms with Crippen LogP contribution in [-0.4, -0.2) is 85.0 Å². The maximum Gasteiger partial charge on any atom is 0.461 e. The Balaban J connectivity index is 1.13. The molecule has 53 heavy (non-hydrogen) atoms. The molecule has 0 unspecified atom stereocenters. The number of hydrogen-bond donors (Lipinski definition) is 1. The van der Waals surface area contributed by atoms with Crippen molar-refractivity contribution < 1.29 is 47.3 Å². The van der Waals surface area contributed by atoms with Crippen LogP contribution in [0.4, 0.5) is 20.1 Å². The molecule has 0 aromatic heterocycles. The van der Waals surface area contributed by atoms with E-state index in [0.29, 0.717) is 14.9 Å². The molecule has 0 spiro atoms. The number of rotatable bonds is 12. The molecular weight excluding hydrogens is 703 g/mol. The van der Waals surface area contributed by atoms with E-state index in [-0.39, 0.29) is 50.9 Å². The van der Waals surface area contributed by atoms with E-state index < -0.39 is 50.4 Å². The van der Waals surface area contributed by atoms with Gasteiger partial charge in [-0.15, -0.1) is 0 Å². The highest BCUT2D eigenvalue weighted by Gasteiger charge is 2.52. The van der Waals surface area contributed by atoms with Crippen molar-refractivity contribution in [3.8, 4) is 11.1 Å². The number of para-hydroxylation sites is 1. The summed E-state index contributed by atoms with van der Waals surface area (Å²) in [6, 6.07) is 31.7. The second-order valence-corrected chi connectivity index (χ2v) is 14.5. The van der Waals surface area contributed by atoms with E-state index in [1.54, 1.807) is 54.6 Å². The Morgan fingerprint density at radius 1 is 0.774 bits per heavy atom. The van der Waals surface area contributed by atoms with Crippen molar-refractivity contribution in [2.45, 2.75) is 18.4 Å². The topological polar surface area (TPSA) is 161 Å². The number of carbonyl (C=O) groups is 5. The number of cyclic esters (lactones) is 2. The first-order valence-corrected chi connectivity index (χ1v) is 18.5. The quantitative estimate of drug-likeness (QED) is 0.141. The molecular formula is C38H35N4O10P. The van der Waals surface area contributed by atoms with Crippen molar-refractivity contribution in [2.24, 2.45) is 0 Å². The molecule has 3 aliphatic rings. The maximum atomic E-state index is 14.5. The van der Waals surface area contributed by atoms with E-state index in [4.69, 9.17) is 18.7 Å². The van der Waals surface area contributed by atoms with Gasteiger partial charge in [-0.3, -0.25) is 9.69 Å². The molecule has 2 fully saturated rings. The number of nitrogens with zero attached hydrogens (tertiary/aromatic N) is 3. The SMILES string of the molecule is O=C(CN(C(=O)[C@@H](Cc1ccccc1)NC(=O)OCC1c2ccccc2-c2ccccc21)c1ccccc1)OP(=O)(N1CCOC1=O)N1CCOC1=O. The summed E-state index contributed by atoms with van der Waals surface area (Å²) in [5.74, 6) is -2.12. The van der Waals surface area contributed by atoms with E-state index in [0.717, 1.165) is 27.2 Å². The molecule has 15 heteroatoms. The molecule has 1 atom stereocenters. The first kappa shape index (κ1) is 35.3. The molecule has 0 bridgehead atoms. The lowest BCUT2D eigenvalue weighted by atomic mass is 9.98. The minimum Gasteiger partial charge on any atom is -0.449 e. The van der Waals surface area contributed by atoms with Gasteiger partial charge >= 0.3 is 31.9 Å². The predicted molar refractivity (Wildman–Crippen MR) is 191 cm³/mol. The predicted octanol–water partition coefficient (Wildman–Crippen LogP) is 5.73. The minimum atomic E-state index is -4.69. The molecule has 4 aromatic rings. The van der Waals surface area contributed by atoms with Crippen LogP contribution in [0.2, 0.25) is 0 Å². The molecule has 14 nitrogen and oxygen atoms in total. The number of benzene rings is 4. The van der Waals surface area contributed by atoms with Crippen LogP contribution >= 0.6 is 7.67 Å². The smallest absolute Gasteiger partial charge is 0.449 e. The Morgan fingerprint density at radius 3 is 1.85 bits per heavy atom.